The molecule has 138 valence electrons. The molecule has 0 aliphatic carbocycles. The number of anilines is 1. The van der Waals surface area contributed by atoms with Crippen molar-refractivity contribution in [3.8, 4) is 5.75 Å². The summed E-state index contributed by atoms with van der Waals surface area (Å²) < 4.78 is 5.20. The van der Waals surface area contributed by atoms with E-state index < -0.39 is 0 Å². The Bertz CT molecular complexity index is 711. The largest absolute Gasteiger partial charge is 0.497 e. The van der Waals surface area contributed by atoms with Crippen molar-refractivity contribution in [2.45, 2.75) is 25.4 Å². The average Bonchev–Trinajstić information content (AvgIpc) is 2.68. The van der Waals surface area contributed by atoms with Gasteiger partial charge in [0.15, 0.2) is 0 Å². The number of carbonyl (C=O) groups is 1. The molecule has 1 aliphatic heterocycles. The van der Waals surface area contributed by atoms with Gasteiger partial charge in [0.05, 0.1) is 7.11 Å². The number of urea groups is 1. The van der Waals surface area contributed by atoms with Crippen molar-refractivity contribution < 1.29 is 9.53 Å². The number of nitrogens with zero attached hydrogens (tertiary/aromatic N) is 1. The fourth-order valence-corrected chi connectivity index (χ4v) is 3.22. The van der Waals surface area contributed by atoms with Crippen molar-refractivity contribution in [2.75, 3.05) is 25.1 Å². The number of hydrogen-bond donors (Lipinski definition) is 2. The smallest absolute Gasteiger partial charge is 0.315 e. The number of methoxy groups -OCH3 is 1. The Hall–Kier alpha value is -2.40. The third-order valence-corrected chi connectivity index (χ3v) is 4.89. The molecule has 0 unspecified atom stereocenters. The number of carbonyl (C=O) groups excluding carboxylic acids is 1. The van der Waals surface area contributed by atoms with E-state index in [0.29, 0.717) is 11.6 Å². The predicted molar refractivity (Wildman–Crippen MR) is 105 cm³/mol. The minimum absolute atomic E-state index is 0.122. The maximum atomic E-state index is 12.1. The summed E-state index contributed by atoms with van der Waals surface area (Å²) in [5.41, 5.74) is 2.22. The molecule has 0 spiro atoms. The number of amides is 2. The SMILES string of the molecule is COc1ccc(N2CCC(NC(=O)NCc3ccc(Cl)cc3)CC2)cc1. The van der Waals surface area contributed by atoms with Gasteiger partial charge in [-0.05, 0) is 54.8 Å². The lowest BCUT2D eigenvalue weighted by Gasteiger charge is -2.34. The summed E-state index contributed by atoms with van der Waals surface area (Å²) in [6.07, 6.45) is 1.86. The van der Waals surface area contributed by atoms with E-state index in [1.165, 1.54) is 5.69 Å². The van der Waals surface area contributed by atoms with E-state index in [1.807, 2.05) is 36.4 Å². The van der Waals surface area contributed by atoms with Gasteiger partial charge in [0, 0.05) is 36.4 Å². The number of rotatable bonds is 5. The maximum absolute atomic E-state index is 12.1. The van der Waals surface area contributed by atoms with Crippen molar-refractivity contribution in [3.05, 3.63) is 59.1 Å². The Balaban J connectivity index is 1.41. The van der Waals surface area contributed by atoms with Gasteiger partial charge in [-0.2, -0.15) is 0 Å². The molecule has 0 radical (unpaired) electrons. The summed E-state index contributed by atoms with van der Waals surface area (Å²) in [7, 11) is 1.67. The van der Waals surface area contributed by atoms with Crippen LogP contribution in [0.1, 0.15) is 18.4 Å². The maximum Gasteiger partial charge on any atom is 0.315 e. The zero-order chi connectivity index (χ0) is 18.4. The van der Waals surface area contributed by atoms with Gasteiger partial charge in [0.25, 0.3) is 0 Å². The minimum Gasteiger partial charge on any atom is -0.497 e. The van der Waals surface area contributed by atoms with Crippen LogP contribution in [0.15, 0.2) is 48.5 Å². The lowest BCUT2D eigenvalue weighted by molar-refractivity contribution is 0.234. The fraction of sp³-hybridized carbons (Fsp3) is 0.350. The third kappa shape index (κ3) is 5.05. The van der Waals surface area contributed by atoms with Crippen LogP contribution >= 0.6 is 11.6 Å². The van der Waals surface area contributed by atoms with Crippen LogP contribution < -0.4 is 20.3 Å². The van der Waals surface area contributed by atoms with E-state index in [-0.39, 0.29) is 12.1 Å². The first kappa shape index (κ1) is 18.4. The molecule has 26 heavy (non-hydrogen) atoms. The molecule has 5 nitrogen and oxygen atoms in total. The molecule has 0 atom stereocenters. The molecule has 1 fully saturated rings. The van der Waals surface area contributed by atoms with Gasteiger partial charge in [0.1, 0.15) is 5.75 Å². The summed E-state index contributed by atoms with van der Waals surface area (Å²) in [5.74, 6) is 0.864. The Morgan fingerprint density at radius 2 is 1.77 bits per heavy atom. The summed E-state index contributed by atoms with van der Waals surface area (Å²) in [4.78, 5) is 14.4. The van der Waals surface area contributed by atoms with E-state index in [4.69, 9.17) is 16.3 Å². The molecule has 3 rings (SSSR count). The van der Waals surface area contributed by atoms with Crippen molar-refractivity contribution in [3.63, 3.8) is 0 Å². The lowest BCUT2D eigenvalue weighted by atomic mass is 10.0. The van der Waals surface area contributed by atoms with Gasteiger partial charge in [-0.1, -0.05) is 23.7 Å². The molecule has 1 saturated heterocycles. The second kappa shape index (κ2) is 8.81. The molecule has 1 heterocycles. The van der Waals surface area contributed by atoms with Crippen LogP contribution in [0.4, 0.5) is 10.5 Å². The highest BCUT2D eigenvalue weighted by Gasteiger charge is 2.20. The Labute approximate surface area is 159 Å². The molecule has 2 amide bonds. The highest BCUT2D eigenvalue weighted by Crippen LogP contribution is 2.22. The molecule has 0 aromatic heterocycles. The third-order valence-electron chi connectivity index (χ3n) is 4.63. The van der Waals surface area contributed by atoms with Crippen LogP contribution in [0, 0.1) is 0 Å². The number of hydrogen-bond acceptors (Lipinski definition) is 3. The van der Waals surface area contributed by atoms with Crippen molar-refractivity contribution in [2.24, 2.45) is 0 Å². The summed E-state index contributed by atoms with van der Waals surface area (Å²) >= 11 is 5.86. The molecular weight excluding hydrogens is 350 g/mol. The first-order chi connectivity index (χ1) is 12.6. The van der Waals surface area contributed by atoms with Crippen LogP contribution in [-0.2, 0) is 6.54 Å². The number of ether oxygens (including phenoxy) is 1. The van der Waals surface area contributed by atoms with Gasteiger partial charge in [-0.25, -0.2) is 4.79 Å². The highest BCUT2D eigenvalue weighted by atomic mass is 35.5. The summed E-state index contributed by atoms with van der Waals surface area (Å²) in [6, 6.07) is 15.7. The second-order valence-electron chi connectivity index (χ2n) is 6.41. The van der Waals surface area contributed by atoms with Crippen LogP contribution in [-0.4, -0.2) is 32.3 Å². The monoisotopic (exact) mass is 373 g/mol. The number of benzene rings is 2. The zero-order valence-electron chi connectivity index (χ0n) is 14.9. The molecule has 0 bridgehead atoms. The molecule has 2 aromatic carbocycles. The minimum atomic E-state index is -0.122. The van der Waals surface area contributed by atoms with Crippen LogP contribution in [0.2, 0.25) is 5.02 Å². The standard InChI is InChI=1S/C20H24ClN3O2/c1-26-19-8-6-18(7-9-19)24-12-10-17(11-13-24)23-20(25)22-14-15-2-4-16(21)5-3-15/h2-9,17H,10-14H2,1H3,(H2,22,23,25). The Morgan fingerprint density at radius 3 is 2.38 bits per heavy atom. The number of nitrogens with one attached hydrogen (secondary N) is 2. The van der Waals surface area contributed by atoms with Crippen LogP contribution in [0.5, 0.6) is 5.75 Å². The van der Waals surface area contributed by atoms with Crippen molar-refractivity contribution >= 4 is 23.3 Å². The topological polar surface area (TPSA) is 53.6 Å². The van der Waals surface area contributed by atoms with E-state index in [0.717, 1.165) is 37.2 Å². The quantitative estimate of drug-likeness (QED) is 0.837. The summed E-state index contributed by atoms with van der Waals surface area (Å²) in [6.45, 7) is 2.34. The average molecular weight is 374 g/mol. The normalized spacial score (nSPS) is 14.8. The molecule has 2 aromatic rings. The van der Waals surface area contributed by atoms with E-state index in [1.54, 1.807) is 7.11 Å². The number of halogens is 1. The highest BCUT2D eigenvalue weighted by molar-refractivity contribution is 6.30. The predicted octanol–water partition coefficient (Wildman–Crippen LogP) is 3.82. The first-order valence-electron chi connectivity index (χ1n) is 8.82. The van der Waals surface area contributed by atoms with Crippen molar-refractivity contribution in [1.29, 1.82) is 0 Å². The summed E-state index contributed by atoms with van der Waals surface area (Å²) in [5, 5.41) is 6.66. The first-order valence-corrected chi connectivity index (χ1v) is 9.19. The van der Waals surface area contributed by atoms with Crippen molar-refractivity contribution in [1.82, 2.24) is 10.6 Å². The second-order valence-corrected chi connectivity index (χ2v) is 6.85. The van der Waals surface area contributed by atoms with Crippen LogP contribution in [0.3, 0.4) is 0 Å². The molecule has 2 N–H and O–H groups in total. The lowest BCUT2D eigenvalue weighted by Crippen LogP contribution is -2.47. The van der Waals surface area contributed by atoms with Gasteiger partial charge in [-0.15, -0.1) is 0 Å². The van der Waals surface area contributed by atoms with Gasteiger partial charge in [-0.3, -0.25) is 0 Å². The van der Waals surface area contributed by atoms with Gasteiger partial charge in [0.2, 0.25) is 0 Å². The Kier molecular flexibility index (Phi) is 6.23. The Morgan fingerprint density at radius 1 is 1.12 bits per heavy atom. The van der Waals surface area contributed by atoms with E-state index >= 15 is 0 Å². The van der Waals surface area contributed by atoms with Crippen LogP contribution in [0.25, 0.3) is 0 Å². The van der Waals surface area contributed by atoms with E-state index in [2.05, 4.69) is 27.7 Å². The molecule has 1 aliphatic rings. The van der Waals surface area contributed by atoms with Gasteiger partial charge >= 0.3 is 6.03 Å². The fourth-order valence-electron chi connectivity index (χ4n) is 3.10. The van der Waals surface area contributed by atoms with E-state index in [9.17, 15) is 4.79 Å². The molecule has 0 saturated carbocycles. The molecular formula is C20H24ClN3O2. The molecule has 6 heteroatoms. The number of piperidine rings is 1. The zero-order valence-corrected chi connectivity index (χ0v) is 15.6. The van der Waals surface area contributed by atoms with Gasteiger partial charge < -0.3 is 20.3 Å².